The van der Waals surface area contributed by atoms with Gasteiger partial charge in [0.25, 0.3) is 5.91 Å². The number of thioether (sulfide) groups is 1. The van der Waals surface area contributed by atoms with Crippen molar-refractivity contribution in [3.05, 3.63) is 65.5 Å². The third-order valence-electron chi connectivity index (χ3n) is 4.52. The lowest BCUT2D eigenvalue weighted by Gasteiger charge is -2.25. The van der Waals surface area contributed by atoms with Crippen LogP contribution in [0.25, 0.3) is 11.3 Å². The number of amides is 1. The molecule has 1 aliphatic heterocycles. The van der Waals surface area contributed by atoms with Crippen LogP contribution < -0.4 is 5.32 Å². The maximum absolute atomic E-state index is 12.7. The summed E-state index contributed by atoms with van der Waals surface area (Å²) in [6.45, 7) is 1.03. The lowest BCUT2D eigenvalue weighted by Crippen LogP contribution is -2.37. The van der Waals surface area contributed by atoms with E-state index in [0.29, 0.717) is 23.8 Å². The molecule has 4 rings (SSSR count). The fourth-order valence-electron chi connectivity index (χ4n) is 2.96. The van der Waals surface area contributed by atoms with E-state index < -0.39 is 10.0 Å². The Kier molecular flexibility index (Phi) is 6.00. The lowest BCUT2D eigenvalue weighted by atomic mass is 10.2. The van der Waals surface area contributed by atoms with Crippen LogP contribution in [-0.2, 0) is 10.0 Å². The Morgan fingerprint density at radius 3 is 2.38 bits per heavy atom. The number of carbonyl (C=O) groups is 1. The third kappa shape index (κ3) is 4.53. The molecule has 0 radical (unpaired) electrons. The van der Waals surface area contributed by atoms with Crippen LogP contribution in [0.15, 0.2) is 64.9 Å². The number of aromatic nitrogens is 1. The maximum atomic E-state index is 12.7. The molecule has 29 heavy (non-hydrogen) atoms. The minimum absolute atomic E-state index is 0.210. The molecule has 9 heteroatoms. The van der Waals surface area contributed by atoms with Crippen LogP contribution in [0.1, 0.15) is 10.4 Å². The SMILES string of the molecule is O=C(Nc1nc(-c2ccccc2)cs1)c1ccc(S(=O)(=O)N2CCSCC2)cc1. The van der Waals surface area contributed by atoms with E-state index in [1.165, 1.54) is 39.9 Å². The number of sulfonamides is 1. The molecule has 1 amide bonds. The van der Waals surface area contributed by atoms with E-state index in [-0.39, 0.29) is 10.8 Å². The van der Waals surface area contributed by atoms with E-state index >= 15 is 0 Å². The Hall–Kier alpha value is -2.20. The molecule has 1 N–H and O–H groups in total. The highest BCUT2D eigenvalue weighted by Crippen LogP contribution is 2.25. The molecule has 2 heterocycles. The summed E-state index contributed by atoms with van der Waals surface area (Å²) in [7, 11) is -3.51. The Bertz CT molecular complexity index is 1090. The topological polar surface area (TPSA) is 79.4 Å². The van der Waals surface area contributed by atoms with Crippen molar-refractivity contribution < 1.29 is 13.2 Å². The number of anilines is 1. The number of benzene rings is 2. The predicted molar refractivity (Wildman–Crippen MR) is 118 cm³/mol. The normalized spacial score (nSPS) is 15.2. The molecule has 2 aromatic carbocycles. The number of nitrogens with one attached hydrogen (secondary N) is 1. The molecule has 150 valence electrons. The number of hydrogen-bond acceptors (Lipinski definition) is 6. The molecule has 0 saturated carbocycles. The number of thiazole rings is 1. The molecule has 1 fully saturated rings. The average molecular weight is 446 g/mol. The van der Waals surface area contributed by atoms with Gasteiger partial charge in [0.2, 0.25) is 10.0 Å². The standard InChI is InChI=1S/C20H19N3O3S3/c24-19(22-20-21-18(14-28-20)15-4-2-1-3-5-15)16-6-8-17(9-7-16)29(25,26)23-10-12-27-13-11-23/h1-9,14H,10-13H2,(H,21,22,24). The smallest absolute Gasteiger partial charge is 0.257 e. The highest BCUT2D eigenvalue weighted by molar-refractivity contribution is 7.99. The number of carbonyl (C=O) groups excluding carboxylic acids is 1. The Labute approximate surface area is 178 Å². The molecule has 0 bridgehead atoms. The number of nitrogens with zero attached hydrogens (tertiary/aromatic N) is 2. The summed E-state index contributed by atoms with van der Waals surface area (Å²) in [6.07, 6.45) is 0. The summed E-state index contributed by atoms with van der Waals surface area (Å²) >= 11 is 3.10. The van der Waals surface area contributed by atoms with Crippen molar-refractivity contribution in [1.82, 2.24) is 9.29 Å². The zero-order chi connectivity index (χ0) is 20.3. The maximum Gasteiger partial charge on any atom is 0.257 e. The largest absolute Gasteiger partial charge is 0.298 e. The highest BCUT2D eigenvalue weighted by Gasteiger charge is 2.26. The van der Waals surface area contributed by atoms with E-state index in [0.717, 1.165) is 22.8 Å². The van der Waals surface area contributed by atoms with Crippen LogP contribution in [0.3, 0.4) is 0 Å². The van der Waals surface area contributed by atoms with Gasteiger partial charge in [-0.05, 0) is 24.3 Å². The van der Waals surface area contributed by atoms with E-state index in [2.05, 4.69) is 10.3 Å². The molecule has 1 aromatic heterocycles. The Balaban J connectivity index is 1.45. The third-order valence-corrected chi connectivity index (χ3v) is 8.13. The fourth-order valence-corrected chi connectivity index (χ4v) is 6.25. The molecule has 0 unspecified atom stereocenters. The van der Waals surface area contributed by atoms with Gasteiger partial charge in [-0.3, -0.25) is 10.1 Å². The first-order valence-electron chi connectivity index (χ1n) is 9.04. The van der Waals surface area contributed by atoms with Crippen LogP contribution in [0.2, 0.25) is 0 Å². The molecule has 0 spiro atoms. The van der Waals surface area contributed by atoms with Crippen LogP contribution in [0.4, 0.5) is 5.13 Å². The van der Waals surface area contributed by atoms with Gasteiger partial charge in [0.05, 0.1) is 10.6 Å². The monoisotopic (exact) mass is 445 g/mol. The van der Waals surface area contributed by atoms with Crippen molar-refractivity contribution in [2.24, 2.45) is 0 Å². The zero-order valence-electron chi connectivity index (χ0n) is 15.4. The van der Waals surface area contributed by atoms with E-state index in [1.807, 2.05) is 35.7 Å². The molecule has 1 aliphatic rings. The van der Waals surface area contributed by atoms with Crippen molar-refractivity contribution in [2.75, 3.05) is 29.9 Å². The van der Waals surface area contributed by atoms with Crippen molar-refractivity contribution in [1.29, 1.82) is 0 Å². The minimum atomic E-state index is -3.51. The van der Waals surface area contributed by atoms with E-state index in [1.54, 1.807) is 11.8 Å². The van der Waals surface area contributed by atoms with Crippen molar-refractivity contribution >= 4 is 44.2 Å². The van der Waals surface area contributed by atoms with Crippen molar-refractivity contribution in [3.8, 4) is 11.3 Å². The van der Waals surface area contributed by atoms with Gasteiger partial charge in [-0.2, -0.15) is 16.1 Å². The summed E-state index contributed by atoms with van der Waals surface area (Å²) in [6, 6.07) is 15.8. The zero-order valence-corrected chi connectivity index (χ0v) is 17.9. The second-order valence-electron chi connectivity index (χ2n) is 6.40. The molecular formula is C20H19N3O3S3. The van der Waals surface area contributed by atoms with E-state index in [9.17, 15) is 13.2 Å². The van der Waals surface area contributed by atoms with E-state index in [4.69, 9.17) is 0 Å². The average Bonchev–Trinajstić information content (AvgIpc) is 3.23. The minimum Gasteiger partial charge on any atom is -0.298 e. The summed E-state index contributed by atoms with van der Waals surface area (Å²) in [5, 5.41) is 5.16. The predicted octanol–water partition coefficient (Wildman–Crippen LogP) is 3.80. The molecule has 1 saturated heterocycles. The van der Waals surface area contributed by atoms with Gasteiger partial charge in [-0.15, -0.1) is 11.3 Å². The Morgan fingerprint density at radius 2 is 1.69 bits per heavy atom. The molecule has 0 atom stereocenters. The van der Waals surface area contributed by atoms with Gasteiger partial charge in [0.15, 0.2) is 5.13 Å². The summed E-state index contributed by atoms with van der Waals surface area (Å²) in [5.74, 6) is 1.29. The second-order valence-corrected chi connectivity index (χ2v) is 10.4. The van der Waals surface area contributed by atoms with Crippen LogP contribution >= 0.6 is 23.1 Å². The first-order chi connectivity index (χ1) is 14.0. The highest BCUT2D eigenvalue weighted by atomic mass is 32.2. The van der Waals surface area contributed by atoms with Gasteiger partial charge in [0.1, 0.15) is 0 Å². The van der Waals surface area contributed by atoms with Crippen molar-refractivity contribution in [3.63, 3.8) is 0 Å². The summed E-state index contributed by atoms with van der Waals surface area (Å²) in [5.41, 5.74) is 2.16. The first-order valence-corrected chi connectivity index (χ1v) is 12.5. The fraction of sp³-hybridized carbons (Fsp3) is 0.200. The Morgan fingerprint density at radius 1 is 1.00 bits per heavy atom. The number of hydrogen-bond donors (Lipinski definition) is 1. The second kappa shape index (κ2) is 8.66. The first kappa shape index (κ1) is 20.1. The quantitative estimate of drug-likeness (QED) is 0.646. The number of rotatable bonds is 5. The van der Waals surface area contributed by atoms with Gasteiger partial charge in [-0.1, -0.05) is 30.3 Å². The van der Waals surface area contributed by atoms with Gasteiger partial charge < -0.3 is 0 Å². The lowest BCUT2D eigenvalue weighted by molar-refractivity contribution is 0.102. The van der Waals surface area contributed by atoms with Gasteiger partial charge in [0, 0.05) is 41.1 Å². The molecular weight excluding hydrogens is 426 g/mol. The summed E-state index contributed by atoms with van der Waals surface area (Å²) in [4.78, 5) is 17.2. The van der Waals surface area contributed by atoms with Crippen LogP contribution in [0, 0.1) is 0 Å². The molecule has 6 nitrogen and oxygen atoms in total. The van der Waals surface area contributed by atoms with Crippen molar-refractivity contribution in [2.45, 2.75) is 4.90 Å². The summed E-state index contributed by atoms with van der Waals surface area (Å²) < 4.78 is 26.9. The van der Waals surface area contributed by atoms with Crippen LogP contribution in [-0.4, -0.2) is 48.2 Å². The molecule has 3 aromatic rings. The van der Waals surface area contributed by atoms with Gasteiger partial charge >= 0.3 is 0 Å². The van der Waals surface area contributed by atoms with Gasteiger partial charge in [-0.25, -0.2) is 13.4 Å². The molecule has 0 aliphatic carbocycles. The van der Waals surface area contributed by atoms with Crippen LogP contribution in [0.5, 0.6) is 0 Å².